The average Bonchev–Trinajstić information content (AvgIpc) is 2.95. The van der Waals surface area contributed by atoms with Gasteiger partial charge in [0, 0.05) is 69.8 Å². The lowest BCUT2D eigenvalue weighted by atomic mass is 9.64. The van der Waals surface area contributed by atoms with Crippen molar-refractivity contribution in [3.05, 3.63) is 64.1 Å². The predicted octanol–water partition coefficient (Wildman–Crippen LogP) is 0.0777. The quantitative estimate of drug-likeness (QED) is 0.818. The molecule has 28 heavy (non-hydrogen) atoms. The fourth-order valence-electron chi connectivity index (χ4n) is 5.41. The van der Waals surface area contributed by atoms with Crippen LogP contribution in [0.2, 0.25) is 0 Å². The first kappa shape index (κ1) is 17.6. The topological polar surface area (TPSA) is 70.5 Å². The summed E-state index contributed by atoms with van der Waals surface area (Å²) in [6, 6.07) is 13.6. The largest absolute Gasteiger partial charge is 0.347 e. The average molecular weight is 379 g/mol. The van der Waals surface area contributed by atoms with Crippen molar-refractivity contribution in [3.8, 4) is 0 Å². The lowest BCUT2D eigenvalue weighted by Crippen LogP contribution is -2.70. The van der Waals surface area contributed by atoms with E-state index in [9.17, 15) is 9.59 Å². The van der Waals surface area contributed by atoms with Gasteiger partial charge in [-0.25, -0.2) is 4.68 Å². The Morgan fingerprint density at radius 2 is 1.75 bits per heavy atom. The summed E-state index contributed by atoms with van der Waals surface area (Å²) < 4.78 is 1.21. The van der Waals surface area contributed by atoms with Gasteiger partial charge in [0.05, 0.1) is 0 Å². The minimum absolute atomic E-state index is 0.0482. The number of piperidine rings is 2. The van der Waals surface area contributed by atoms with E-state index in [0.29, 0.717) is 5.92 Å². The second-order valence-corrected chi connectivity index (χ2v) is 8.38. The Kier molecular flexibility index (Phi) is 4.10. The zero-order chi connectivity index (χ0) is 19.3. The van der Waals surface area contributed by atoms with Crippen LogP contribution < -0.4 is 10.9 Å². The van der Waals surface area contributed by atoms with Crippen molar-refractivity contribution in [2.75, 3.05) is 39.3 Å². The molecule has 0 saturated carbocycles. The van der Waals surface area contributed by atoms with E-state index >= 15 is 0 Å². The van der Waals surface area contributed by atoms with Gasteiger partial charge < -0.3 is 15.1 Å². The molecule has 4 fully saturated rings. The number of benzene rings is 1. The fourth-order valence-corrected chi connectivity index (χ4v) is 5.41. The number of aromatic nitrogens is 2. The molecule has 7 heteroatoms. The van der Waals surface area contributed by atoms with Gasteiger partial charge in [-0.3, -0.25) is 9.59 Å². The second kappa shape index (κ2) is 6.53. The number of hydrogen-bond donors (Lipinski definition) is 1. The molecule has 146 valence electrons. The van der Waals surface area contributed by atoms with Crippen LogP contribution >= 0.6 is 0 Å². The van der Waals surface area contributed by atoms with Crippen molar-refractivity contribution < 1.29 is 4.79 Å². The van der Waals surface area contributed by atoms with Crippen LogP contribution in [0.25, 0.3) is 0 Å². The van der Waals surface area contributed by atoms with Crippen molar-refractivity contribution in [2.45, 2.75) is 11.5 Å². The van der Waals surface area contributed by atoms with Gasteiger partial charge in [-0.1, -0.05) is 30.3 Å². The van der Waals surface area contributed by atoms with Gasteiger partial charge in [-0.15, -0.1) is 0 Å². The van der Waals surface area contributed by atoms with Crippen molar-refractivity contribution in [1.29, 1.82) is 0 Å². The summed E-state index contributed by atoms with van der Waals surface area (Å²) in [5.74, 6) is 0.175. The third-order valence-electron chi connectivity index (χ3n) is 6.62. The molecule has 0 radical (unpaired) electrons. The SMILES string of the molecule is Cn1nc(C(=O)N[C@H]2C3CN4CCN(C3)CC2(c2ccccc2)C4)ccc1=O. The molecule has 1 N–H and O–H groups in total. The van der Waals surface area contributed by atoms with E-state index in [1.165, 1.54) is 22.4 Å². The molecule has 5 heterocycles. The summed E-state index contributed by atoms with van der Waals surface area (Å²) in [6.07, 6.45) is 0. The van der Waals surface area contributed by atoms with Gasteiger partial charge in [0.25, 0.3) is 11.5 Å². The molecular weight excluding hydrogens is 354 g/mol. The molecule has 4 aliphatic rings. The third-order valence-corrected chi connectivity index (χ3v) is 6.62. The standard InChI is InChI=1S/C21H25N5O2/c1-24-18(27)8-7-17(23-24)20(28)22-19-15-11-25-9-10-26(12-15)14-21(19,13-25)16-5-3-2-4-6-16/h2-8,15,19H,9-14H2,1H3,(H,22,28)/t15?,19-,21?/m0/s1. The Labute approximate surface area is 163 Å². The number of aryl methyl sites for hydroxylation is 1. The van der Waals surface area contributed by atoms with Crippen LogP contribution in [-0.4, -0.2) is 70.8 Å². The maximum Gasteiger partial charge on any atom is 0.271 e. The van der Waals surface area contributed by atoms with Crippen LogP contribution in [0.3, 0.4) is 0 Å². The molecule has 7 nitrogen and oxygen atoms in total. The molecule has 2 aromatic rings. The van der Waals surface area contributed by atoms with E-state index in [0.717, 1.165) is 39.3 Å². The van der Waals surface area contributed by atoms with Gasteiger partial charge in [-0.05, 0) is 11.6 Å². The van der Waals surface area contributed by atoms with Gasteiger partial charge in [-0.2, -0.15) is 5.10 Å². The number of nitrogens with zero attached hydrogens (tertiary/aromatic N) is 4. The summed E-state index contributed by atoms with van der Waals surface area (Å²) in [5, 5.41) is 7.46. The molecule has 4 aliphatic heterocycles. The molecule has 4 bridgehead atoms. The summed E-state index contributed by atoms with van der Waals surface area (Å²) in [6.45, 7) is 6.11. The lowest BCUT2D eigenvalue weighted by molar-refractivity contribution is 0.0179. The number of carbonyl (C=O) groups excluding carboxylic acids is 1. The highest BCUT2D eigenvalue weighted by molar-refractivity contribution is 5.92. The number of carbonyl (C=O) groups is 1. The summed E-state index contributed by atoms with van der Waals surface area (Å²) in [5.41, 5.74) is 1.23. The maximum atomic E-state index is 13.0. The minimum Gasteiger partial charge on any atom is -0.347 e. The Morgan fingerprint density at radius 1 is 1.07 bits per heavy atom. The molecular formula is C21H25N5O2. The second-order valence-electron chi connectivity index (χ2n) is 8.38. The first-order valence-corrected chi connectivity index (χ1v) is 9.91. The Morgan fingerprint density at radius 3 is 2.39 bits per heavy atom. The van der Waals surface area contributed by atoms with Crippen molar-refractivity contribution in [1.82, 2.24) is 24.9 Å². The van der Waals surface area contributed by atoms with Gasteiger partial charge >= 0.3 is 0 Å². The number of fused-ring (bicyclic) bond motifs is 1. The van der Waals surface area contributed by atoms with Gasteiger partial charge in [0.15, 0.2) is 0 Å². The number of hydrogen-bond acceptors (Lipinski definition) is 5. The number of rotatable bonds is 3. The number of amides is 1. The van der Waals surface area contributed by atoms with Gasteiger partial charge in [0.1, 0.15) is 5.69 Å². The van der Waals surface area contributed by atoms with Crippen molar-refractivity contribution in [3.63, 3.8) is 0 Å². The molecule has 0 aliphatic carbocycles. The predicted molar refractivity (Wildman–Crippen MR) is 105 cm³/mol. The lowest BCUT2D eigenvalue weighted by Gasteiger charge is -2.55. The van der Waals surface area contributed by atoms with Crippen molar-refractivity contribution in [2.24, 2.45) is 13.0 Å². The molecule has 2 unspecified atom stereocenters. The number of nitrogens with one attached hydrogen (secondary N) is 1. The van der Waals surface area contributed by atoms with E-state index < -0.39 is 0 Å². The Balaban J connectivity index is 1.52. The minimum atomic E-state index is -0.219. The highest BCUT2D eigenvalue weighted by atomic mass is 16.2. The van der Waals surface area contributed by atoms with E-state index in [1.807, 2.05) is 6.07 Å². The van der Waals surface area contributed by atoms with Crippen molar-refractivity contribution >= 4 is 5.91 Å². The zero-order valence-electron chi connectivity index (χ0n) is 16.0. The zero-order valence-corrected chi connectivity index (χ0v) is 16.0. The summed E-state index contributed by atoms with van der Waals surface area (Å²) in [7, 11) is 1.57. The molecule has 1 aromatic heterocycles. The van der Waals surface area contributed by atoms with Crippen LogP contribution in [0.15, 0.2) is 47.3 Å². The summed E-state index contributed by atoms with van der Waals surface area (Å²) in [4.78, 5) is 29.8. The first-order chi connectivity index (χ1) is 13.5. The van der Waals surface area contributed by atoms with E-state index in [-0.39, 0.29) is 28.6 Å². The smallest absolute Gasteiger partial charge is 0.271 e. The monoisotopic (exact) mass is 379 g/mol. The van der Waals surface area contributed by atoms with Crippen LogP contribution in [0.5, 0.6) is 0 Å². The van der Waals surface area contributed by atoms with Crippen LogP contribution in [-0.2, 0) is 12.5 Å². The van der Waals surface area contributed by atoms with E-state index in [4.69, 9.17) is 0 Å². The van der Waals surface area contributed by atoms with Gasteiger partial charge in [0.2, 0.25) is 0 Å². The highest BCUT2D eigenvalue weighted by Gasteiger charge is 2.55. The molecule has 1 amide bonds. The molecule has 0 spiro atoms. The highest BCUT2D eigenvalue weighted by Crippen LogP contribution is 2.43. The van der Waals surface area contributed by atoms with Crippen LogP contribution in [0.4, 0.5) is 0 Å². The van der Waals surface area contributed by atoms with Crippen LogP contribution in [0, 0.1) is 5.92 Å². The first-order valence-electron chi connectivity index (χ1n) is 9.91. The molecule has 4 saturated heterocycles. The molecule has 6 rings (SSSR count). The fraction of sp³-hybridized carbons (Fsp3) is 0.476. The third kappa shape index (κ3) is 2.77. The van der Waals surface area contributed by atoms with E-state index in [1.54, 1.807) is 7.05 Å². The summed E-state index contributed by atoms with van der Waals surface area (Å²) >= 11 is 0. The normalized spacial score (nSPS) is 33.5. The van der Waals surface area contributed by atoms with Crippen LogP contribution in [0.1, 0.15) is 16.1 Å². The molecule has 3 atom stereocenters. The Hall–Kier alpha value is -2.51. The molecule has 1 aromatic carbocycles. The van der Waals surface area contributed by atoms with E-state index in [2.05, 4.69) is 44.5 Å². The maximum absolute atomic E-state index is 13.0. The Bertz CT molecular complexity index is 941.